The molecule has 0 aromatic heterocycles. The van der Waals surface area contributed by atoms with Crippen LogP contribution in [0.2, 0.25) is 0 Å². The first-order chi connectivity index (χ1) is 9.25. The number of nitrogens with one attached hydrogen (secondary N) is 1. The molecule has 0 aliphatic carbocycles. The van der Waals surface area contributed by atoms with E-state index in [0.717, 1.165) is 11.1 Å². The van der Waals surface area contributed by atoms with Gasteiger partial charge in [0.25, 0.3) is 0 Å². The molecule has 0 saturated heterocycles. The summed E-state index contributed by atoms with van der Waals surface area (Å²) < 4.78 is 0. The second-order valence-electron chi connectivity index (χ2n) is 4.01. The summed E-state index contributed by atoms with van der Waals surface area (Å²) in [6, 6.07) is 18.4. The van der Waals surface area contributed by atoms with E-state index in [9.17, 15) is 4.79 Å². The van der Waals surface area contributed by atoms with Crippen LogP contribution in [0.15, 0.2) is 65.7 Å². The van der Waals surface area contributed by atoms with Gasteiger partial charge < -0.3 is 11.1 Å². The lowest BCUT2D eigenvalue weighted by molar-refractivity contribution is 0.249. The zero-order valence-corrected chi connectivity index (χ0v) is 10.4. The quantitative estimate of drug-likeness (QED) is 0.651. The number of nitrogens with two attached hydrogens (primary N) is 1. The molecule has 2 aromatic rings. The smallest absolute Gasteiger partial charge is 0.343 e. The van der Waals surface area contributed by atoms with Crippen LogP contribution in [0, 0.1) is 0 Å². The predicted molar refractivity (Wildman–Crippen MR) is 75.8 cm³/mol. The van der Waals surface area contributed by atoms with Crippen molar-refractivity contribution >= 4 is 11.9 Å². The van der Waals surface area contributed by atoms with Crippen LogP contribution in [0.4, 0.5) is 4.79 Å². The fourth-order valence-corrected chi connectivity index (χ4v) is 1.60. The van der Waals surface area contributed by atoms with Gasteiger partial charge in [-0.25, -0.2) is 4.79 Å². The van der Waals surface area contributed by atoms with Gasteiger partial charge in [0.05, 0.1) is 0 Å². The van der Waals surface area contributed by atoms with Crippen molar-refractivity contribution in [2.75, 3.05) is 0 Å². The Morgan fingerprint density at radius 3 is 2.21 bits per heavy atom. The molecule has 0 unspecified atom stereocenters. The van der Waals surface area contributed by atoms with Gasteiger partial charge in [0.15, 0.2) is 0 Å². The number of carbonyl (C=O) groups excluding carboxylic acids is 1. The van der Waals surface area contributed by atoms with Crippen LogP contribution in [0.3, 0.4) is 0 Å². The zero-order valence-electron chi connectivity index (χ0n) is 10.4. The van der Waals surface area contributed by atoms with Crippen LogP contribution in [0.1, 0.15) is 11.1 Å². The fraction of sp³-hybridized carbons (Fsp3) is 0.0667. The molecule has 0 radical (unpaired) electrons. The number of amidine groups is 1. The molecule has 0 heterocycles. The van der Waals surface area contributed by atoms with Gasteiger partial charge in [0.1, 0.15) is 5.84 Å². The maximum Gasteiger partial charge on any atom is 0.343 e. The number of hydrogen-bond acceptors (Lipinski definition) is 1. The van der Waals surface area contributed by atoms with E-state index < -0.39 is 6.03 Å². The minimum atomic E-state index is -0.440. The highest BCUT2D eigenvalue weighted by molar-refractivity contribution is 6.03. The number of nitrogens with zero attached hydrogens (tertiary/aromatic N) is 1. The Labute approximate surface area is 112 Å². The highest BCUT2D eigenvalue weighted by Crippen LogP contribution is 1.99. The molecule has 0 atom stereocenters. The molecule has 0 aliphatic heterocycles. The van der Waals surface area contributed by atoms with Gasteiger partial charge in [-0.1, -0.05) is 60.7 Å². The van der Waals surface area contributed by atoms with Crippen LogP contribution >= 0.6 is 0 Å². The van der Waals surface area contributed by atoms with Gasteiger partial charge in [-0.3, -0.25) is 0 Å². The van der Waals surface area contributed by atoms with E-state index in [-0.39, 0.29) is 5.84 Å². The van der Waals surface area contributed by atoms with Crippen molar-refractivity contribution in [3.63, 3.8) is 0 Å². The Bertz CT molecular complexity index is 564. The number of amides is 2. The SMILES string of the molecule is NC(=NC(=O)NCc1ccccc1)c1ccccc1. The van der Waals surface area contributed by atoms with Crippen molar-refractivity contribution in [2.24, 2.45) is 10.7 Å². The number of rotatable bonds is 3. The summed E-state index contributed by atoms with van der Waals surface area (Å²) in [6.45, 7) is 0.436. The molecular weight excluding hydrogens is 238 g/mol. The van der Waals surface area contributed by atoms with E-state index in [1.807, 2.05) is 60.7 Å². The second-order valence-corrected chi connectivity index (χ2v) is 4.01. The van der Waals surface area contributed by atoms with Crippen LogP contribution in [0.5, 0.6) is 0 Å². The third-order valence-corrected chi connectivity index (χ3v) is 2.58. The van der Waals surface area contributed by atoms with Crippen LogP contribution in [0.25, 0.3) is 0 Å². The minimum Gasteiger partial charge on any atom is -0.383 e. The molecule has 2 rings (SSSR count). The average molecular weight is 253 g/mol. The van der Waals surface area contributed by atoms with Gasteiger partial charge in [-0.05, 0) is 5.56 Å². The lowest BCUT2D eigenvalue weighted by Gasteiger charge is -2.03. The zero-order chi connectivity index (χ0) is 13.5. The number of benzene rings is 2. The molecule has 0 fully saturated rings. The van der Waals surface area contributed by atoms with Gasteiger partial charge in [0.2, 0.25) is 0 Å². The molecule has 4 heteroatoms. The summed E-state index contributed by atoms with van der Waals surface area (Å²) in [5, 5.41) is 2.69. The molecule has 4 nitrogen and oxygen atoms in total. The number of urea groups is 1. The van der Waals surface area contributed by atoms with Crippen molar-refractivity contribution in [1.82, 2.24) is 5.32 Å². The van der Waals surface area contributed by atoms with Gasteiger partial charge >= 0.3 is 6.03 Å². The summed E-state index contributed by atoms with van der Waals surface area (Å²) in [5.74, 6) is 0.214. The monoisotopic (exact) mass is 253 g/mol. The first kappa shape index (κ1) is 12.8. The van der Waals surface area contributed by atoms with Crippen molar-refractivity contribution in [3.05, 3.63) is 71.8 Å². The summed E-state index contributed by atoms with van der Waals surface area (Å²) in [7, 11) is 0. The predicted octanol–water partition coefficient (Wildman–Crippen LogP) is 2.30. The van der Waals surface area contributed by atoms with Gasteiger partial charge in [0, 0.05) is 12.1 Å². The molecule has 2 amide bonds. The summed E-state index contributed by atoms with van der Waals surface area (Å²) in [6.07, 6.45) is 0. The standard InChI is InChI=1S/C15H15N3O/c16-14(13-9-5-2-6-10-13)18-15(19)17-11-12-7-3-1-4-8-12/h1-10H,11H2,(H3,16,17,18,19). The summed E-state index contributed by atoms with van der Waals surface area (Å²) in [4.78, 5) is 15.4. The highest BCUT2D eigenvalue weighted by Gasteiger charge is 2.02. The Morgan fingerprint density at radius 1 is 1.00 bits per heavy atom. The summed E-state index contributed by atoms with van der Waals surface area (Å²) in [5.41, 5.74) is 7.51. The maximum absolute atomic E-state index is 11.6. The van der Waals surface area contributed by atoms with Crippen molar-refractivity contribution in [1.29, 1.82) is 0 Å². The van der Waals surface area contributed by atoms with Crippen molar-refractivity contribution < 1.29 is 4.79 Å². The summed E-state index contributed by atoms with van der Waals surface area (Å²) >= 11 is 0. The first-order valence-corrected chi connectivity index (χ1v) is 5.97. The molecule has 0 saturated carbocycles. The lowest BCUT2D eigenvalue weighted by atomic mass is 10.2. The molecule has 0 bridgehead atoms. The molecule has 96 valence electrons. The van der Waals surface area contributed by atoms with E-state index in [1.165, 1.54) is 0 Å². The Kier molecular flexibility index (Phi) is 4.29. The van der Waals surface area contributed by atoms with E-state index in [1.54, 1.807) is 0 Å². The molecule has 19 heavy (non-hydrogen) atoms. The van der Waals surface area contributed by atoms with Gasteiger partial charge in [-0.15, -0.1) is 0 Å². The Hall–Kier alpha value is -2.62. The van der Waals surface area contributed by atoms with Crippen LogP contribution < -0.4 is 11.1 Å². The van der Waals surface area contributed by atoms with E-state index in [0.29, 0.717) is 6.54 Å². The third-order valence-electron chi connectivity index (χ3n) is 2.58. The molecule has 2 aromatic carbocycles. The molecule has 3 N–H and O–H groups in total. The third kappa shape index (κ3) is 3.96. The topological polar surface area (TPSA) is 67.5 Å². The Morgan fingerprint density at radius 2 is 1.58 bits per heavy atom. The van der Waals surface area contributed by atoms with Gasteiger partial charge in [-0.2, -0.15) is 4.99 Å². The first-order valence-electron chi connectivity index (χ1n) is 5.97. The molecule has 0 spiro atoms. The molecule has 0 aliphatic rings. The molecular formula is C15H15N3O. The van der Waals surface area contributed by atoms with Crippen LogP contribution in [-0.2, 0) is 6.54 Å². The van der Waals surface area contributed by atoms with E-state index in [4.69, 9.17) is 5.73 Å². The van der Waals surface area contributed by atoms with E-state index in [2.05, 4.69) is 10.3 Å². The van der Waals surface area contributed by atoms with Crippen molar-refractivity contribution in [2.45, 2.75) is 6.54 Å². The highest BCUT2D eigenvalue weighted by atomic mass is 16.2. The largest absolute Gasteiger partial charge is 0.383 e. The number of hydrogen-bond donors (Lipinski definition) is 2. The van der Waals surface area contributed by atoms with E-state index >= 15 is 0 Å². The lowest BCUT2D eigenvalue weighted by Crippen LogP contribution is -2.23. The normalized spacial score (nSPS) is 11.1. The Balaban J connectivity index is 1.94. The minimum absolute atomic E-state index is 0.214. The maximum atomic E-state index is 11.6. The number of aliphatic imine (C=N–C) groups is 1. The number of carbonyl (C=O) groups is 1. The van der Waals surface area contributed by atoms with Crippen LogP contribution in [-0.4, -0.2) is 11.9 Å². The average Bonchev–Trinajstić information content (AvgIpc) is 2.47. The fourth-order valence-electron chi connectivity index (χ4n) is 1.60. The second kappa shape index (κ2) is 6.35. The van der Waals surface area contributed by atoms with Crippen molar-refractivity contribution in [3.8, 4) is 0 Å².